The first-order valence-corrected chi connectivity index (χ1v) is 8.14. The highest BCUT2D eigenvalue weighted by atomic mass is 19.4. The van der Waals surface area contributed by atoms with Gasteiger partial charge in [0.25, 0.3) is 0 Å². The van der Waals surface area contributed by atoms with Crippen molar-refractivity contribution in [2.45, 2.75) is 25.9 Å². The molecule has 1 N–H and O–H groups in total. The first kappa shape index (κ1) is 19.0. The summed E-state index contributed by atoms with van der Waals surface area (Å²) in [7, 11) is 0. The zero-order chi connectivity index (χ0) is 18.4. The molecule has 0 unspecified atom stereocenters. The van der Waals surface area contributed by atoms with E-state index >= 15 is 0 Å². The number of carbonyl (C=O) groups excluding carboxylic acids is 2. The minimum absolute atomic E-state index is 0.0304. The predicted octanol–water partition coefficient (Wildman–Crippen LogP) is 1.67. The number of halogens is 3. The molecule has 9 heteroatoms. The average Bonchev–Trinajstić information content (AvgIpc) is 2.59. The molecule has 1 aliphatic heterocycles. The minimum atomic E-state index is -4.40. The van der Waals surface area contributed by atoms with E-state index in [9.17, 15) is 22.8 Å². The van der Waals surface area contributed by atoms with Crippen molar-refractivity contribution in [2.75, 3.05) is 37.6 Å². The molecule has 0 atom stereocenters. The molecule has 2 rings (SSSR count). The summed E-state index contributed by atoms with van der Waals surface area (Å²) in [5, 5.41) is 2.58. The van der Waals surface area contributed by atoms with Gasteiger partial charge < -0.3 is 15.1 Å². The van der Waals surface area contributed by atoms with Gasteiger partial charge in [-0.1, -0.05) is 6.92 Å². The van der Waals surface area contributed by atoms with Gasteiger partial charge in [0.05, 0.1) is 12.1 Å². The fraction of sp³-hybridized carbons (Fsp3) is 0.562. The van der Waals surface area contributed by atoms with Crippen LogP contribution >= 0.6 is 0 Å². The highest BCUT2D eigenvalue weighted by Gasteiger charge is 2.31. The van der Waals surface area contributed by atoms with E-state index in [1.165, 1.54) is 6.07 Å². The summed E-state index contributed by atoms with van der Waals surface area (Å²) in [5.74, 6) is 0.143. The molecule has 0 radical (unpaired) electrons. The summed E-state index contributed by atoms with van der Waals surface area (Å²) < 4.78 is 37.7. The van der Waals surface area contributed by atoms with Crippen LogP contribution in [0.2, 0.25) is 0 Å². The van der Waals surface area contributed by atoms with Gasteiger partial charge in [-0.15, -0.1) is 0 Å². The van der Waals surface area contributed by atoms with E-state index in [-0.39, 0.29) is 18.4 Å². The van der Waals surface area contributed by atoms with Crippen LogP contribution in [0.25, 0.3) is 0 Å². The van der Waals surface area contributed by atoms with Crippen molar-refractivity contribution in [2.24, 2.45) is 0 Å². The van der Waals surface area contributed by atoms with E-state index in [1.54, 1.807) is 4.90 Å². The number of nitrogens with zero attached hydrogens (tertiary/aromatic N) is 3. The monoisotopic (exact) mass is 358 g/mol. The van der Waals surface area contributed by atoms with Crippen LogP contribution in [-0.2, 0) is 15.8 Å². The maximum absolute atomic E-state index is 12.6. The highest BCUT2D eigenvalue weighted by molar-refractivity contribution is 5.84. The quantitative estimate of drug-likeness (QED) is 0.870. The lowest BCUT2D eigenvalue weighted by molar-refractivity contribution is -0.137. The Morgan fingerprint density at radius 1 is 1.20 bits per heavy atom. The van der Waals surface area contributed by atoms with Crippen LogP contribution in [0.15, 0.2) is 18.3 Å². The number of hydrogen-bond acceptors (Lipinski definition) is 4. The van der Waals surface area contributed by atoms with E-state index in [4.69, 9.17) is 0 Å². The maximum Gasteiger partial charge on any atom is 0.417 e. The molecule has 6 nitrogen and oxygen atoms in total. The predicted molar refractivity (Wildman–Crippen MR) is 85.9 cm³/mol. The fourth-order valence-corrected chi connectivity index (χ4v) is 2.53. The van der Waals surface area contributed by atoms with Crippen molar-refractivity contribution in [1.29, 1.82) is 0 Å². The van der Waals surface area contributed by atoms with Crippen molar-refractivity contribution >= 4 is 17.6 Å². The van der Waals surface area contributed by atoms with Gasteiger partial charge in [0.2, 0.25) is 11.8 Å². The summed E-state index contributed by atoms with van der Waals surface area (Å²) >= 11 is 0. The van der Waals surface area contributed by atoms with Crippen molar-refractivity contribution in [3.63, 3.8) is 0 Å². The lowest BCUT2D eigenvalue weighted by Crippen LogP contribution is -2.51. The van der Waals surface area contributed by atoms with Crippen molar-refractivity contribution in [3.05, 3.63) is 23.9 Å². The molecular weight excluding hydrogens is 337 g/mol. The van der Waals surface area contributed by atoms with E-state index in [1.807, 2.05) is 11.8 Å². The summed E-state index contributed by atoms with van der Waals surface area (Å²) in [4.78, 5) is 30.8. The molecule has 0 aromatic carbocycles. The topological polar surface area (TPSA) is 65.5 Å². The maximum atomic E-state index is 12.6. The molecule has 0 aliphatic carbocycles. The zero-order valence-electron chi connectivity index (χ0n) is 14.0. The number of nitrogens with one attached hydrogen (secondary N) is 1. The Bertz CT molecular complexity index is 596. The van der Waals surface area contributed by atoms with E-state index in [0.29, 0.717) is 38.4 Å². The third-order valence-electron chi connectivity index (χ3n) is 3.95. The van der Waals surface area contributed by atoms with Crippen LogP contribution in [0.3, 0.4) is 0 Å². The second-order valence-electron chi connectivity index (χ2n) is 5.80. The van der Waals surface area contributed by atoms with Gasteiger partial charge in [0.15, 0.2) is 0 Å². The van der Waals surface area contributed by atoms with Gasteiger partial charge in [0.1, 0.15) is 5.82 Å². The van der Waals surface area contributed by atoms with Gasteiger partial charge >= 0.3 is 6.18 Å². The largest absolute Gasteiger partial charge is 0.417 e. The molecule has 0 spiro atoms. The molecule has 2 amide bonds. The number of amides is 2. The molecule has 138 valence electrons. The Hall–Kier alpha value is -2.32. The summed E-state index contributed by atoms with van der Waals surface area (Å²) in [6.45, 7) is 3.68. The van der Waals surface area contributed by atoms with Crippen molar-refractivity contribution in [1.82, 2.24) is 15.2 Å². The van der Waals surface area contributed by atoms with Crippen LogP contribution in [0, 0.1) is 0 Å². The number of carbonyl (C=O) groups is 2. The second-order valence-corrected chi connectivity index (χ2v) is 5.80. The fourth-order valence-electron chi connectivity index (χ4n) is 2.53. The first-order valence-electron chi connectivity index (χ1n) is 8.14. The molecule has 1 aliphatic rings. The molecule has 0 saturated carbocycles. The Kier molecular flexibility index (Phi) is 6.22. The molecule has 1 aromatic heterocycles. The van der Waals surface area contributed by atoms with E-state index in [2.05, 4.69) is 10.3 Å². The molecule has 0 bridgehead atoms. The SMILES string of the molecule is CCCC(=O)NCC(=O)N1CCN(c2ccc(C(F)(F)F)cn2)CC1. The number of hydrogen-bond donors (Lipinski definition) is 1. The number of piperazine rings is 1. The van der Waals surface area contributed by atoms with Gasteiger partial charge in [-0.05, 0) is 18.6 Å². The van der Waals surface area contributed by atoms with Crippen molar-refractivity contribution in [3.8, 4) is 0 Å². The smallest absolute Gasteiger partial charge is 0.353 e. The number of anilines is 1. The molecular formula is C16H21F3N4O2. The molecule has 1 fully saturated rings. The van der Waals surface area contributed by atoms with E-state index in [0.717, 1.165) is 18.7 Å². The summed E-state index contributed by atoms with van der Waals surface area (Å²) in [6.07, 6.45) is -2.48. The Balaban J connectivity index is 1.83. The second kappa shape index (κ2) is 8.17. The molecule has 2 heterocycles. The zero-order valence-corrected chi connectivity index (χ0v) is 14.0. The Labute approximate surface area is 144 Å². The first-order chi connectivity index (χ1) is 11.8. The summed E-state index contributed by atoms with van der Waals surface area (Å²) in [6, 6.07) is 2.34. The summed E-state index contributed by atoms with van der Waals surface area (Å²) in [5.41, 5.74) is -0.784. The van der Waals surface area contributed by atoms with E-state index < -0.39 is 11.7 Å². The number of alkyl halides is 3. The Morgan fingerprint density at radius 2 is 1.88 bits per heavy atom. The van der Waals surface area contributed by atoms with Gasteiger partial charge in [0, 0.05) is 38.8 Å². The van der Waals surface area contributed by atoms with Gasteiger partial charge in [-0.2, -0.15) is 13.2 Å². The van der Waals surface area contributed by atoms with Crippen LogP contribution < -0.4 is 10.2 Å². The lowest BCUT2D eigenvalue weighted by Gasteiger charge is -2.35. The molecule has 1 saturated heterocycles. The van der Waals surface area contributed by atoms with Gasteiger partial charge in [-0.3, -0.25) is 9.59 Å². The van der Waals surface area contributed by atoms with Crippen LogP contribution in [0.1, 0.15) is 25.3 Å². The number of rotatable bonds is 5. The van der Waals surface area contributed by atoms with Crippen LogP contribution in [0.4, 0.5) is 19.0 Å². The highest BCUT2D eigenvalue weighted by Crippen LogP contribution is 2.29. The lowest BCUT2D eigenvalue weighted by atomic mass is 10.2. The standard InChI is InChI=1S/C16H21F3N4O2/c1-2-3-14(24)21-11-15(25)23-8-6-22(7-9-23)13-5-4-12(10-20-13)16(17,18)19/h4-5,10H,2-3,6-9,11H2,1H3,(H,21,24). The van der Waals surface area contributed by atoms with Crippen LogP contribution in [0.5, 0.6) is 0 Å². The average molecular weight is 358 g/mol. The normalized spacial score (nSPS) is 15.2. The molecule has 25 heavy (non-hydrogen) atoms. The number of pyridine rings is 1. The Morgan fingerprint density at radius 3 is 2.40 bits per heavy atom. The van der Waals surface area contributed by atoms with Crippen LogP contribution in [-0.4, -0.2) is 54.4 Å². The van der Waals surface area contributed by atoms with Gasteiger partial charge in [-0.25, -0.2) is 4.98 Å². The van der Waals surface area contributed by atoms with Crippen molar-refractivity contribution < 1.29 is 22.8 Å². The third-order valence-corrected chi connectivity index (χ3v) is 3.95. The molecule has 1 aromatic rings. The number of aromatic nitrogens is 1. The minimum Gasteiger partial charge on any atom is -0.353 e. The third kappa shape index (κ3) is 5.33.